The zero-order chi connectivity index (χ0) is 21.6. The number of hydrogen-bond donors (Lipinski definition) is 2. The van der Waals surface area contributed by atoms with Crippen molar-refractivity contribution in [3.63, 3.8) is 0 Å². The lowest BCUT2D eigenvalue weighted by molar-refractivity contribution is -0.175. The summed E-state index contributed by atoms with van der Waals surface area (Å²) in [6.07, 6.45) is 6.41. The number of nitrogens with two attached hydrogens (primary N) is 1. The largest absolute Gasteiger partial charge is 0.388 e. The highest BCUT2D eigenvalue weighted by molar-refractivity contribution is 5.90. The quantitative estimate of drug-likeness (QED) is 0.720. The number of β-amino-alcohol motifs (C(OH)–C–C–N with tert-alkyl or cyclic N) is 1. The van der Waals surface area contributed by atoms with E-state index in [1.165, 1.54) is 17.5 Å². The van der Waals surface area contributed by atoms with E-state index in [0.29, 0.717) is 18.4 Å². The van der Waals surface area contributed by atoms with E-state index in [1.807, 2.05) is 12.1 Å². The predicted octanol–water partition coefficient (Wildman–Crippen LogP) is 2.71. The molecule has 1 amide bonds. The smallest absolute Gasteiger partial charge is 0.267 e. The number of fused-ring (bicyclic) bond motifs is 3. The van der Waals surface area contributed by atoms with E-state index in [1.54, 1.807) is 13.3 Å². The highest BCUT2D eigenvalue weighted by Crippen LogP contribution is 2.51. The van der Waals surface area contributed by atoms with Gasteiger partial charge in [-0.05, 0) is 41.7 Å². The fourth-order valence-electron chi connectivity index (χ4n) is 6.59. The molecule has 2 heterocycles. The number of aliphatic hydroxyl groups is 1. The van der Waals surface area contributed by atoms with Crippen LogP contribution < -0.4 is 5.73 Å². The summed E-state index contributed by atoms with van der Waals surface area (Å²) >= 11 is 0. The van der Waals surface area contributed by atoms with Crippen molar-refractivity contribution >= 4 is 18.3 Å². The maximum atomic E-state index is 11.7. The minimum Gasteiger partial charge on any atom is -0.388 e. The van der Waals surface area contributed by atoms with Gasteiger partial charge in [-0.1, -0.05) is 30.7 Å². The number of halogens is 1. The molecular weight excluding hydrogens is 426 g/mol. The average molecular weight is 458 g/mol. The number of methoxy groups -OCH3 is 1. The predicted molar refractivity (Wildman–Crippen MR) is 125 cm³/mol. The number of primary amides is 1. The van der Waals surface area contributed by atoms with E-state index in [2.05, 4.69) is 34.1 Å². The van der Waals surface area contributed by atoms with Crippen molar-refractivity contribution in [1.29, 1.82) is 0 Å². The number of pyridine rings is 1. The van der Waals surface area contributed by atoms with Crippen LogP contribution in [0.5, 0.6) is 0 Å². The summed E-state index contributed by atoms with van der Waals surface area (Å²) in [7, 11) is 1.78. The molecule has 0 unspecified atom stereocenters. The standard InChI is InChI=1S/C25H31N3O3.ClH/c1-31-25(19-9-10-27-22(11-19)23(26)29)20-7-4-8-21(25)15-28(14-20)16-24(30)12-17-5-2-3-6-18(17)13-24;/h2-3,5-6,9-11,20-21,30H,4,7-8,12-16H2,1H3,(H2,26,29);1H/t20-,21+,25+;. The number of hydrogen-bond acceptors (Lipinski definition) is 5. The molecule has 2 aromatic rings. The van der Waals surface area contributed by atoms with E-state index < -0.39 is 17.1 Å². The van der Waals surface area contributed by atoms with Crippen molar-refractivity contribution in [3.8, 4) is 0 Å². The van der Waals surface area contributed by atoms with Crippen LogP contribution in [0.1, 0.15) is 46.4 Å². The van der Waals surface area contributed by atoms with Crippen LogP contribution in [0.2, 0.25) is 0 Å². The van der Waals surface area contributed by atoms with Crippen molar-refractivity contribution < 1.29 is 14.6 Å². The van der Waals surface area contributed by atoms with Crippen LogP contribution in [0, 0.1) is 11.8 Å². The molecule has 1 aromatic carbocycles. The molecule has 3 aliphatic rings. The normalized spacial score (nSPS) is 28.6. The first-order chi connectivity index (χ1) is 14.9. The van der Waals surface area contributed by atoms with E-state index in [9.17, 15) is 9.90 Å². The van der Waals surface area contributed by atoms with Gasteiger partial charge in [0.15, 0.2) is 0 Å². The Balaban J connectivity index is 0.00000245. The molecule has 1 saturated carbocycles. The molecule has 32 heavy (non-hydrogen) atoms. The van der Waals surface area contributed by atoms with E-state index in [-0.39, 0.29) is 18.1 Å². The summed E-state index contributed by atoms with van der Waals surface area (Å²) in [5, 5.41) is 11.4. The molecule has 5 rings (SSSR count). The number of amides is 1. The molecule has 2 fully saturated rings. The van der Waals surface area contributed by atoms with Gasteiger partial charge in [0.2, 0.25) is 0 Å². The molecule has 0 spiro atoms. The van der Waals surface area contributed by atoms with Crippen molar-refractivity contribution in [1.82, 2.24) is 9.88 Å². The number of rotatable bonds is 5. The van der Waals surface area contributed by atoms with Crippen molar-refractivity contribution in [3.05, 3.63) is 65.0 Å². The highest BCUT2D eigenvalue weighted by Gasteiger charge is 2.54. The first-order valence-electron chi connectivity index (χ1n) is 11.3. The molecule has 2 bridgehead atoms. The van der Waals surface area contributed by atoms with E-state index in [0.717, 1.165) is 44.3 Å². The van der Waals surface area contributed by atoms with Gasteiger partial charge in [-0.2, -0.15) is 0 Å². The summed E-state index contributed by atoms with van der Waals surface area (Å²) in [6, 6.07) is 12.2. The monoisotopic (exact) mass is 457 g/mol. The fourth-order valence-corrected chi connectivity index (χ4v) is 6.59. The van der Waals surface area contributed by atoms with Gasteiger partial charge >= 0.3 is 0 Å². The molecule has 3 atom stereocenters. The molecule has 7 heteroatoms. The summed E-state index contributed by atoms with van der Waals surface area (Å²) in [6.45, 7) is 2.42. The molecule has 1 saturated heterocycles. The zero-order valence-electron chi connectivity index (χ0n) is 18.5. The summed E-state index contributed by atoms with van der Waals surface area (Å²) in [5.74, 6) is 0.0692. The molecule has 2 aliphatic carbocycles. The van der Waals surface area contributed by atoms with Crippen molar-refractivity contribution in [2.75, 3.05) is 26.7 Å². The van der Waals surface area contributed by atoms with Crippen LogP contribution in [0.4, 0.5) is 0 Å². The fraction of sp³-hybridized carbons (Fsp3) is 0.520. The molecule has 0 radical (unpaired) electrons. The number of aromatic nitrogens is 1. The number of carbonyl (C=O) groups excluding carboxylic acids is 1. The number of ether oxygens (including phenoxy) is 1. The third-order valence-electron chi connectivity index (χ3n) is 7.75. The molecule has 3 N–H and O–H groups in total. The lowest BCUT2D eigenvalue weighted by Gasteiger charge is -2.56. The van der Waals surface area contributed by atoms with Crippen molar-refractivity contribution in [2.45, 2.75) is 43.3 Å². The van der Waals surface area contributed by atoms with Crippen LogP contribution in [0.25, 0.3) is 0 Å². The number of carbonyl (C=O) groups is 1. The van der Waals surface area contributed by atoms with Gasteiger partial charge in [0, 0.05) is 57.6 Å². The Hall–Kier alpha value is -1.99. The topological polar surface area (TPSA) is 88.7 Å². The first-order valence-corrected chi connectivity index (χ1v) is 11.3. The molecule has 172 valence electrons. The second kappa shape index (κ2) is 8.75. The second-order valence-corrected chi connectivity index (χ2v) is 9.66. The molecule has 1 aliphatic heterocycles. The Kier molecular flexibility index (Phi) is 6.34. The van der Waals surface area contributed by atoms with Crippen LogP contribution >= 0.6 is 12.4 Å². The SMILES string of the molecule is CO[C@@]1(c2ccnc(C(N)=O)c2)[C@@H]2CCC[C@H]1CN(CC1(O)Cc3ccccc3C1)C2.Cl. The Morgan fingerprint density at radius 3 is 2.38 bits per heavy atom. The van der Waals surface area contributed by atoms with Gasteiger partial charge in [0.25, 0.3) is 5.91 Å². The zero-order valence-corrected chi connectivity index (χ0v) is 19.3. The summed E-state index contributed by atoms with van der Waals surface area (Å²) < 4.78 is 6.29. The van der Waals surface area contributed by atoms with Crippen LogP contribution in [-0.4, -0.2) is 53.2 Å². The van der Waals surface area contributed by atoms with Crippen LogP contribution in [0.15, 0.2) is 42.6 Å². The minimum absolute atomic E-state index is 0. The summed E-state index contributed by atoms with van der Waals surface area (Å²) in [5.41, 5.74) is 8.17. The number of nitrogens with zero attached hydrogens (tertiary/aromatic N) is 2. The average Bonchev–Trinajstić information content (AvgIpc) is 3.08. The molecule has 1 aromatic heterocycles. The van der Waals surface area contributed by atoms with Gasteiger partial charge < -0.3 is 15.6 Å². The minimum atomic E-state index is -0.707. The van der Waals surface area contributed by atoms with Crippen molar-refractivity contribution in [2.24, 2.45) is 17.6 Å². The lowest BCUT2D eigenvalue weighted by Crippen LogP contribution is -2.61. The third kappa shape index (κ3) is 3.83. The van der Waals surface area contributed by atoms with Crippen LogP contribution in [0.3, 0.4) is 0 Å². The lowest BCUT2D eigenvalue weighted by atomic mass is 9.62. The van der Waals surface area contributed by atoms with Gasteiger partial charge in [-0.3, -0.25) is 14.7 Å². The molecular formula is C25H32ClN3O3. The van der Waals surface area contributed by atoms with Gasteiger partial charge in [-0.15, -0.1) is 12.4 Å². The Bertz CT molecular complexity index is 959. The summed E-state index contributed by atoms with van der Waals surface area (Å²) in [4.78, 5) is 18.3. The van der Waals surface area contributed by atoms with Crippen LogP contribution in [-0.2, 0) is 23.2 Å². The van der Waals surface area contributed by atoms with Gasteiger partial charge in [-0.25, -0.2) is 0 Å². The molecule has 6 nitrogen and oxygen atoms in total. The Morgan fingerprint density at radius 1 is 1.19 bits per heavy atom. The maximum Gasteiger partial charge on any atom is 0.267 e. The second-order valence-electron chi connectivity index (χ2n) is 9.66. The third-order valence-corrected chi connectivity index (χ3v) is 7.75. The van der Waals surface area contributed by atoms with E-state index >= 15 is 0 Å². The maximum absolute atomic E-state index is 11.7. The Labute approximate surface area is 195 Å². The highest BCUT2D eigenvalue weighted by atomic mass is 35.5. The number of likely N-dealkylation sites (tertiary alicyclic amines) is 1. The van der Waals surface area contributed by atoms with Gasteiger partial charge in [0.05, 0.1) is 5.60 Å². The number of piperidine rings is 1. The number of benzene rings is 1. The van der Waals surface area contributed by atoms with Gasteiger partial charge in [0.1, 0.15) is 11.3 Å². The first kappa shape index (κ1) is 23.2. The van der Waals surface area contributed by atoms with E-state index in [4.69, 9.17) is 10.5 Å². The Morgan fingerprint density at radius 2 is 1.81 bits per heavy atom.